The van der Waals surface area contributed by atoms with Gasteiger partial charge in [-0.1, -0.05) is 45.0 Å². The zero-order valence-electron chi connectivity index (χ0n) is 21.9. The summed E-state index contributed by atoms with van der Waals surface area (Å²) < 4.78 is 21.7. The molecule has 2 aromatic carbocycles. The van der Waals surface area contributed by atoms with Gasteiger partial charge in [0, 0.05) is 24.2 Å². The van der Waals surface area contributed by atoms with E-state index >= 15 is 0 Å². The van der Waals surface area contributed by atoms with Crippen molar-refractivity contribution in [2.75, 3.05) is 33.0 Å². The molecule has 1 aliphatic rings. The smallest absolute Gasteiger partial charge is 0.305 e. The average Bonchev–Trinajstić information content (AvgIpc) is 2.91. The van der Waals surface area contributed by atoms with Crippen molar-refractivity contribution in [1.82, 2.24) is 0 Å². The zero-order valence-corrected chi connectivity index (χ0v) is 21.9. The van der Waals surface area contributed by atoms with Crippen LogP contribution < -0.4 is 9.47 Å². The fourth-order valence-corrected chi connectivity index (χ4v) is 3.86. The van der Waals surface area contributed by atoms with Crippen LogP contribution in [0.2, 0.25) is 0 Å². The van der Waals surface area contributed by atoms with Crippen LogP contribution >= 0.6 is 0 Å². The Morgan fingerprint density at radius 3 is 1.84 bits per heavy atom. The second-order valence-corrected chi connectivity index (χ2v) is 9.88. The quantitative estimate of drug-likeness (QED) is 0.348. The monoisotopic (exact) mass is 514 g/mol. The molecule has 3 atom stereocenters. The third-order valence-corrected chi connectivity index (χ3v) is 6.59. The SMILES string of the molecule is CCC(=O)OCC(O)COc1ccc(C(C)(C)c2ccc(OCC(O)COCC3CCC3=O)cc2)cc1. The first-order valence-electron chi connectivity index (χ1n) is 12.8. The van der Waals surface area contributed by atoms with Gasteiger partial charge in [0.05, 0.1) is 13.2 Å². The summed E-state index contributed by atoms with van der Waals surface area (Å²) >= 11 is 0. The number of rotatable bonds is 15. The number of ether oxygens (including phenoxy) is 4. The van der Waals surface area contributed by atoms with Gasteiger partial charge in [0.2, 0.25) is 0 Å². The molecule has 1 aliphatic carbocycles. The first-order chi connectivity index (χ1) is 17.7. The van der Waals surface area contributed by atoms with Gasteiger partial charge >= 0.3 is 5.97 Å². The lowest BCUT2D eigenvalue weighted by molar-refractivity contribution is -0.146. The Bertz CT molecular complexity index is 1000. The van der Waals surface area contributed by atoms with Crippen LogP contribution in [0, 0.1) is 5.92 Å². The van der Waals surface area contributed by atoms with E-state index in [1.807, 2.05) is 48.5 Å². The highest BCUT2D eigenvalue weighted by Crippen LogP contribution is 2.33. The summed E-state index contributed by atoms with van der Waals surface area (Å²) in [6.07, 6.45) is 0.121. The maximum absolute atomic E-state index is 11.3. The van der Waals surface area contributed by atoms with Gasteiger partial charge in [-0.05, 0) is 41.8 Å². The number of hydrogen-bond acceptors (Lipinski definition) is 8. The Balaban J connectivity index is 1.44. The minimum atomic E-state index is -0.890. The predicted octanol–water partition coefficient (Wildman–Crippen LogP) is 3.44. The molecule has 0 radical (unpaired) electrons. The molecule has 8 nitrogen and oxygen atoms in total. The lowest BCUT2D eigenvalue weighted by atomic mass is 9.78. The first kappa shape index (κ1) is 28.6. The Morgan fingerprint density at radius 1 is 0.892 bits per heavy atom. The fourth-order valence-electron chi connectivity index (χ4n) is 3.86. The summed E-state index contributed by atoms with van der Waals surface area (Å²) in [7, 11) is 0. The number of esters is 1. The van der Waals surface area contributed by atoms with Gasteiger partial charge in [-0.3, -0.25) is 9.59 Å². The van der Waals surface area contributed by atoms with Crippen molar-refractivity contribution >= 4 is 11.8 Å². The van der Waals surface area contributed by atoms with Crippen LogP contribution in [0.3, 0.4) is 0 Å². The molecule has 0 saturated heterocycles. The van der Waals surface area contributed by atoms with E-state index in [1.54, 1.807) is 6.92 Å². The molecule has 0 heterocycles. The van der Waals surface area contributed by atoms with Crippen LogP contribution in [0.1, 0.15) is 51.2 Å². The number of aliphatic hydroxyl groups excluding tert-OH is 2. The summed E-state index contributed by atoms with van der Waals surface area (Å²) in [6.45, 7) is 6.50. The minimum Gasteiger partial charge on any atom is -0.491 e. The molecular weight excluding hydrogens is 476 g/mol. The summed E-state index contributed by atoms with van der Waals surface area (Å²) in [6, 6.07) is 15.4. The maximum atomic E-state index is 11.3. The highest BCUT2D eigenvalue weighted by Gasteiger charge is 2.28. The summed E-state index contributed by atoms with van der Waals surface area (Å²) in [5, 5.41) is 20.0. The molecule has 3 unspecified atom stereocenters. The number of hydrogen-bond donors (Lipinski definition) is 2. The molecular formula is C29H38O8. The molecule has 2 N–H and O–H groups in total. The first-order valence-corrected chi connectivity index (χ1v) is 12.8. The Labute approximate surface area is 218 Å². The van der Waals surface area contributed by atoms with Crippen LogP contribution in [0.25, 0.3) is 0 Å². The molecule has 2 aromatic rings. The molecule has 37 heavy (non-hydrogen) atoms. The highest BCUT2D eigenvalue weighted by molar-refractivity contribution is 5.86. The molecule has 1 saturated carbocycles. The fraction of sp³-hybridized carbons (Fsp3) is 0.517. The number of carbonyl (C=O) groups excluding carboxylic acids is 2. The van der Waals surface area contributed by atoms with E-state index in [0.29, 0.717) is 24.5 Å². The molecule has 1 fully saturated rings. The second-order valence-electron chi connectivity index (χ2n) is 9.88. The lowest BCUT2D eigenvalue weighted by Crippen LogP contribution is -2.32. The van der Waals surface area contributed by atoms with Crippen molar-refractivity contribution in [3.63, 3.8) is 0 Å². The number of ketones is 1. The van der Waals surface area contributed by atoms with Crippen LogP contribution in [-0.4, -0.2) is 67.2 Å². The molecule has 0 aromatic heterocycles. The van der Waals surface area contributed by atoms with E-state index in [9.17, 15) is 19.8 Å². The number of aliphatic hydroxyl groups is 2. The molecule has 0 bridgehead atoms. The number of benzene rings is 2. The van der Waals surface area contributed by atoms with Crippen LogP contribution in [0.4, 0.5) is 0 Å². The van der Waals surface area contributed by atoms with Crippen LogP contribution in [0.15, 0.2) is 48.5 Å². The molecule has 0 spiro atoms. The Hall–Kier alpha value is -2.94. The maximum Gasteiger partial charge on any atom is 0.305 e. The van der Waals surface area contributed by atoms with Crippen molar-refractivity contribution < 1.29 is 38.7 Å². The van der Waals surface area contributed by atoms with Crippen molar-refractivity contribution in [3.05, 3.63) is 59.7 Å². The highest BCUT2D eigenvalue weighted by atomic mass is 16.5. The van der Waals surface area contributed by atoms with Crippen molar-refractivity contribution in [1.29, 1.82) is 0 Å². The van der Waals surface area contributed by atoms with Gasteiger partial charge in [0.15, 0.2) is 0 Å². The normalized spacial score (nSPS) is 17.0. The largest absolute Gasteiger partial charge is 0.491 e. The lowest BCUT2D eigenvalue weighted by Gasteiger charge is -2.26. The topological polar surface area (TPSA) is 112 Å². The third kappa shape index (κ3) is 8.55. The van der Waals surface area contributed by atoms with E-state index in [0.717, 1.165) is 17.5 Å². The van der Waals surface area contributed by atoms with Gasteiger partial charge < -0.3 is 29.2 Å². The predicted molar refractivity (Wildman–Crippen MR) is 138 cm³/mol. The summed E-state index contributed by atoms with van der Waals surface area (Å²) in [5.41, 5.74) is 1.90. The van der Waals surface area contributed by atoms with Gasteiger partial charge in [0.1, 0.15) is 49.3 Å². The van der Waals surface area contributed by atoms with E-state index in [-0.39, 0.29) is 55.9 Å². The zero-order chi connectivity index (χ0) is 26.8. The van der Waals surface area contributed by atoms with E-state index in [2.05, 4.69) is 13.8 Å². The van der Waals surface area contributed by atoms with E-state index in [1.165, 1.54) is 0 Å². The molecule has 8 heteroatoms. The standard InChI is InChI=1S/C29H38O8/c1-4-28(33)37-19-24(31)18-36-26-12-8-22(9-13-26)29(2,3)21-6-10-25(11-7-21)35-17-23(30)16-34-15-20-5-14-27(20)32/h6-13,20,23-24,30-31H,4-5,14-19H2,1-3H3. The van der Waals surface area contributed by atoms with Crippen molar-refractivity contribution in [2.45, 2.75) is 57.7 Å². The summed E-state index contributed by atoms with van der Waals surface area (Å²) in [5.74, 6) is 1.14. The Kier molecular flexibility index (Phi) is 10.5. The van der Waals surface area contributed by atoms with Gasteiger partial charge in [-0.2, -0.15) is 0 Å². The number of carbonyl (C=O) groups is 2. The second kappa shape index (κ2) is 13.6. The molecule has 0 amide bonds. The van der Waals surface area contributed by atoms with Crippen LogP contribution in [-0.2, 0) is 24.5 Å². The minimum absolute atomic E-state index is 0.0101. The molecule has 3 rings (SSSR count). The van der Waals surface area contributed by atoms with Gasteiger partial charge in [-0.15, -0.1) is 0 Å². The van der Waals surface area contributed by atoms with Crippen LogP contribution in [0.5, 0.6) is 11.5 Å². The van der Waals surface area contributed by atoms with Gasteiger partial charge in [0.25, 0.3) is 0 Å². The average molecular weight is 515 g/mol. The third-order valence-electron chi connectivity index (χ3n) is 6.59. The van der Waals surface area contributed by atoms with Gasteiger partial charge in [-0.25, -0.2) is 0 Å². The number of Topliss-reactive ketones (excluding diaryl/α,β-unsaturated/α-hetero) is 1. The molecule has 202 valence electrons. The molecule has 0 aliphatic heterocycles. The Morgan fingerprint density at radius 2 is 1.41 bits per heavy atom. The van der Waals surface area contributed by atoms with E-state index in [4.69, 9.17) is 18.9 Å². The van der Waals surface area contributed by atoms with Crippen molar-refractivity contribution in [3.8, 4) is 11.5 Å². The summed E-state index contributed by atoms with van der Waals surface area (Å²) in [4.78, 5) is 22.5. The van der Waals surface area contributed by atoms with Crippen molar-refractivity contribution in [2.24, 2.45) is 5.92 Å². The van der Waals surface area contributed by atoms with E-state index < -0.39 is 12.2 Å².